The van der Waals surface area contributed by atoms with Crippen LogP contribution in [0.25, 0.3) is 11.0 Å². The molecule has 2 aromatic carbocycles. The number of methoxy groups -OCH3 is 1. The molecule has 3 rings (SSSR count). The first-order valence-corrected chi connectivity index (χ1v) is 9.76. The number of carbonyl (C=O) groups is 1. The summed E-state index contributed by atoms with van der Waals surface area (Å²) in [5.74, 6) is 0.604. The number of thioether (sulfide) groups is 1. The maximum absolute atomic E-state index is 12.1. The number of rotatable bonds is 6. The first kappa shape index (κ1) is 19.3. The highest BCUT2D eigenvalue weighted by molar-refractivity contribution is 7.98. The number of ether oxygens (including phenoxy) is 1. The van der Waals surface area contributed by atoms with Crippen LogP contribution in [0.1, 0.15) is 32.4 Å². The molecule has 0 amide bonds. The fourth-order valence-electron chi connectivity index (χ4n) is 3.21. The van der Waals surface area contributed by atoms with Gasteiger partial charge >= 0.3 is 5.97 Å². The van der Waals surface area contributed by atoms with Crippen LogP contribution < -0.4 is 4.74 Å². The summed E-state index contributed by atoms with van der Waals surface area (Å²) in [4.78, 5) is 16.9. The lowest BCUT2D eigenvalue weighted by molar-refractivity contribution is -0.144. The second-order valence-corrected chi connectivity index (χ2v) is 8.40. The molecular weight excluding hydrogens is 360 g/mol. The van der Waals surface area contributed by atoms with Crippen molar-refractivity contribution in [3.05, 3.63) is 54.1 Å². The van der Waals surface area contributed by atoms with Crippen LogP contribution in [-0.2, 0) is 10.5 Å². The van der Waals surface area contributed by atoms with Crippen molar-refractivity contribution in [2.45, 2.75) is 37.7 Å². The molecule has 6 heteroatoms. The Kier molecular flexibility index (Phi) is 5.46. The second-order valence-electron chi connectivity index (χ2n) is 7.46. The Morgan fingerprint density at radius 2 is 1.85 bits per heavy atom. The predicted octanol–water partition coefficient (Wildman–Crippen LogP) is 5.01. The summed E-state index contributed by atoms with van der Waals surface area (Å²) in [5.41, 5.74) is 2.22. The van der Waals surface area contributed by atoms with Gasteiger partial charge in [-0.05, 0) is 23.6 Å². The highest BCUT2D eigenvalue weighted by Gasteiger charge is 2.35. The molecule has 0 aliphatic carbocycles. The van der Waals surface area contributed by atoms with Crippen molar-refractivity contribution >= 4 is 28.8 Å². The molecule has 5 nitrogen and oxygen atoms in total. The van der Waals surface area contributed by atoms with E-state index in [4.69, 9.17) is 9.72 Å². The van der Waals surface area contributed by atoms with E-state index < -0.39 is 17.4 Å². The standard InChI is InChI=1S/C21H24N2O3S/c1-21(2,3)18(19(24)25)23-16-11-7-6-10-15(16)22-20(23)27-13-14-9-5-8-12-17(14)26-4/h5-12,18H,13H2,1-4H3,(H,24,25). The predicted molar refractivity (Wildman–Crippen MR) is 108 cm³/mol. The first-order chi connectivity index (χ1) is 12.8. The van der Waals surface area contributed by atoms with Gasteiger partial charge in [-0.3, -0.25) is 0 Å². The number of aliphatic carboxylic acids is 1. The summed E-state index contributed by atoms with van der Waals surface area (Å²) in [6, 6.07) is 14.8. The minimum atomic E-state index is -0.857. The molecule has 0 aliphatic rings. The zero-order valence-corrected chi connectivity index (χ0v) is 16.8. The largest absolute Gasteiger partial charge is 0.496 e. The number of fused-ring (bicyclic) bond motifs is 1. The van der Waals surface area contributed by atoms with Gasteiger partial charge in [0.2, 0.25) is 0 Å². The monoisotopic (exact) mass is 384 g/mol. The minimum absolute atomic E-state index is 0.463. The molecule has 0 radical (unpaired) electrons. The normalized spacial score (nSPS) is 12.9. The van der Waals surface area contributed by atoms with Gasteiger partial charge in [-0.15, -0.1) is 0 Å². The van der Waals surface area contributed by atoms with Crippen LogP contribution in [0.2, 0.25) is 0 Å². The molecule has 27 heavy (non-hydrogen) atoms. The molecule has 1 atom stereocenters. The maximum atomic E-state index is 12.1. The Bertz CT molecular complexity index is 959. The lowest BCUT2D eigenvalue weighted by Crippen LogP contribution is -2.31. The highest BCUT2D eigenvalue weighted by atomic mass is 32.2. The lowest BCUT2D eigenvalue weighted by Gasteiger charge is -2.29. The second kappa shape index (κ2) is 7.64. The minimum Gasteiger partial charge on any atom is -0.496 e. The number of carboxylic acids is 1. The smallest absolute Gasteiger partial charge is 0.327 e. The van der Waals surface area contributed by atoms with Crippen molar-refractivity contribution in [3.8, 4) is 5.75 Å². The third kappa shape index (κ3) is 3.95. The van der Waals surface area contributed by atoms with Gasteiger partial charge in [0, 0.05) is 11.3 Å². The van der Waals surface area contributed by atoms with Crippen LogP contribution >= 0.6 is 11.8 Å². The summed E-state index contributed by atoms with van der Waals surface area (Å²) >= 11 is 1.53. The summed E-state index contributed by atoms with van der Waals surface area (Å²) < 4.78 is 7.29. The average molecular weight is 385 g/mol. The number of imidazole rings is 1. The Hall–Kier alpha value is -2.47. The van der Waals surface area contributed by atoms with E-state index in [1.165, 1.54) is 11.8 Å². The fourth-order valence-corrected chi connectivity index (χ4v) is 4.24. The van der Waals surface area contributed by atoms with Gasteiger partial charge in [0.05, 0.1) is 18.1 Å². The number of hydrogen-bond donors (Lipinski definition) is 1. The fraction of sp³-hybridized carbons (Fsp3) is 0.333. The summed E-state index contributed by atoms with van der Waals surface area (Å²) in [6.45, 7) is 5.82. The van der Waals surface area contributed by atoms with E-state index in [1.807, 2.05) is 73.9 Å². The number of hydrogen-bond acceptors (Lipinski definition) is 4. The Labute approximate surface area is 163 Å². The van der Waals surface area contributed by atoms with Crippen LogP contribution in [0.4, 0.5) is 0 Å². The molecule has 3 aromatic rings. The van der Waals surface area contributed by atoms with Crippen molar-refractivity contribution in [1.82, 2.24) is 9.55 Å². The van der Waals surface area contributed by atoms with E-state index in [1.54, 1.807) is 7.11 Å². The zero-order chi connectivity index (χ0) is 19.6. The van der Waals surface area contributed by atoms with Crippen molar-refractivity contribution in [2.75, 3.05) is 7.11 Å². The van der Waals surface area contributed by atoms with Crippen molar-refractivity contribution < 1.29 is 14.6 Å². The molecule has 0 saturated carbocycles. The van der Waals surface area contributed by atoms with E-state index in [-0.39, 0.29) is 0 Å². The number of benzene rings is 2. The molecule has 1 heterocycles. The van der Waals surface area contributed by atoms with Crippen molar-refractivity contribution in [1.29, 1.82) is 0 Å². The zero-order valence-electron chi connectivity index (χ0n) is 16.0. The van der Waals surface area contributed by atoms with Crippen LogP contribution in [0.15, 0.2) is 53.7 Å². The van der Waals surface area contributed by atoms with E-state index in [0.717, 1.165) is 22.3 Å². The lowest BCUT2D eigenvalue weighted by atomic mass is 9.86. The third-order valence-electron chi connectivity index (χ3n) is 4.43. The van der Waals surface area contributed by atoms with Gasteiger partial charge in [0.25, 0.3) is 0 Å². The topological polar surface area (TPSA) is 64.4 Å². The SMILES string of the molecule is COc1ccccc1CSc1nc2ccccc2n1C(C(=O)O)C(C)(C)C. The van der Waals surface area contributed by atoms with Crippen LogP contribution in [0, 0.1) is 5.41 Å². The van der Waals surface area contributed by atoms with Crippen LogP contribution in [0.5, 0.6) is 5.75 Å². The number of para-hydroxylation sites is 3. The molecule has 1 N–H and O–H groups in total. The van der Waals surface area contributed by atoms with Crippen molar-refractivity contribution in [3.63, 3.8) is 0 Å². The third-order valence-corrected chi connectivity index (χ3v) is 5.43. The molecule has 0 bridgehead atoms. The van der Waals surface area contributed by atoms with Gasteiger partial charge in [0.1, 0.15) is 11.8 Å². The Morgan fingerprint density at radius 1 is 1.19 bits per heavy atom. The van der Waals surface area contributed by atoms with Gasteiger partial charge in [-0.1, -0.05) is 62.9 Å². The molecule has 1 unspecified atom stereocenters. The van der Waals surface area contributed by atoms with Gasteiger partial charge in [-0.2, -0.15) is 0 Å². The highest BCUT2D eigenvalue weighted by Crippen LogP contribution is 2.38. The summed E-state index contributed by atoms with van der Waals surface area (Å²) in [6.07, 6.45) is 0. The average Bonchev–Trinajstić information content (AvgIpc) is 2.97. The van der Waals surface area contributed by atoms with Gasteiger partial charge < -0.3 is 14.4 Å². The van der Waals surface area contributed by atoms with E-state index in [9.17, 15) is 9.90 Å². The molecular formula is C21H24N2O3S. The summed E-state index contributed by atoms with van der Waals surface area (Å²) in [5, 5.41) is 10.7. The number of aromatic nitrogens is 2. The van der Waals surface area contributed by atoms with Crippen molar-refractivity contribution in [2.24, 2.45) is 5.41 Å². The maximum Gasteiger partial charge on any atom is 0.327 e. The first-order valence-electron chi connectivity index (χ1n) is 8.77. The molecule has 142 valence electrons. The quantitative estimate of drug-likeness (QED) is 0.605. The van der Waals surface area contributed by atoms with Crippen LogP contribution in [-0.4, -0.2) is 27.7 Å². The summed E-state index contributed by atoms with van der Waals surface area (Å²) in [7, 11) is 1.65. The van der Waals surface area contributed by atoms with Gasteiger partial charge in [-0.25, -0.2) is 9.78 Å². The van der Waals surface area contributed by atoms with E-state index >= 15 is 0 Å². The molecule has 0 aliphatic heterocycles. The van der Waals surface area contributed by atoms with Crippen LogP contribution in [0.3, 0.4) is 0 Å². The number of carboxylic acid groups (broad SMARTS) is 1. The molecule has 0 saturated heterocycles. The molecule has 0 fully saturated rings. The van der Waals surface area contributed by atoms with E-state index in [0.29, 0.717) is 10.9 Å². The molecule has 1 aromatic heterocycles. The van der Waals surface area contributed by atoms with E-state index in [2.05, 4.69) is 0 Å². The molecule has 0 spiro atoms. The number of nitrogens with zero attached hydrogens (tertiary/aromatic N) is 2. The van der Waals surface area contributed by atoms with Gasteiger partial charge in [0.15, 0.2) is 5.16 Å². The Morgan fingerprint density at radius 3 is 2.52 bits per heavy atom. The Balaban J connectivity index is 2.06.